The van der Waals surface area contributed by atoms with Crippen molar-refractivity contribution in [3.63, 3.8) is 0 Å². The number of aromatic nitrogens is 1. The van der Waals surface area contributed by atoms with Gasteiger partial charge in [-0.05, 0) is 17.7 Å². The van der Waals surface area contributed by atoms with Gasteiger partial charge < -0.3 is 0 Å². The van der Waals surface area contributed by atoms with Crippen LogP contribution in [-0.4, -0.2) is 16.6 Å². The summed E-state index contributed by atoms with van der Waals surface area (Å²) in [6.45, 7) is 0. The number of fused-ring (bicyclic) bond motifs is 1. The van der Waals surface area contributed by atoms with Gasteiger partial charge in [0.25, 0.3) is 0 Å². The Kier molecular flexibility index (Phi) is 4.39. The Morgan fingerprint density at radius 2 is 1.73 bits per heavy atom. The highest BCUT2D eigenvalue weighted by atomic mass is 32.1. The maximum Gasteiger partial charge on any atom is 0.195 e. The van der Waals surface area contributed by atoms with Crippen molar-refractivity contribution in [3.05, 3.63) is 71.6 Å². The van der Waals surface area contributed by atoms with Gasteiger partial charge in [0.05, 0.1) is 10.2 Å². The summed E-state index contributed by atoms with van der Waals surface area (Å²) in [4.78, 5) is 28.3. The summed E-state index contributed by atoms with van der Waals surface area (Å²) in [5.74, 6) is -0.150. The standard InChI is InChI=1S/C18H14NO2S/c20-14(12-13-6-2-1-3-7-13)10-11-16(21)18-19-15-8-4-5-9-17(15)22-18/h1-9,11H,10,12H2. The van der Waals surface area contributed by atoms with Crippen LogP contribution in [-0.2, 0) is 11.2 Å². The van der Waals surface area contributed by atoms with Crippen molar-refractivity contribution >= 4 is 33.1 Å². The van der Waals surface area contributed by atoms with Crippen molar-refractivity contribution in [2.45, 2.75) is 12.8 Å². The van der Waals surface area contributed by atoms with Gasteiger partial charge in [0.15, 0.2) is 10.8 Å². The molecule has 0 aliphatic heterocycles. The van der Waals surface area contributed by atoms with Gasteiger partial charge in [-0.15, -0.1) is 11.3 Å². The second-order valence-corrected chi connectivity index (χ2v) is 5.99. The molecule has 0 aliphatic rings. The van der Waals surface area contributed by atoms with Crippen LogP contribution in [0.2, 0.25) is 0 Å². The Morgan fingerprint density at radius 1 is 1.00 bits per heavy atom. The summed E-state index contributed by atoms with van der Waals surface area (Å²) in [5, 5.41) is 0.439. The lowest BCUT2D eigenvalue weighted by Gasteiger charge is -2.00. The first-order valence-electron chi connectivity index (χ1n) is 7.01. The molecule has 0 aliphatic carbocycles. The third kappa shape index (κ3) is 3.46. The Hall–Kier alpha value is -2.33. The quantitative estimate of drug-likeness (QED) is 0.649. The van der Waals surface area contributed by atoms with Crippen LogP contribution >= 0.6 is 11.3 Å². The minimum Gasteiger partial charge on any atom is -0.299 e. The first-order chi connectivity index (χ1) is 10.7. The SMILES string of the molecule is O=C(C[CH]C(=O)c1nc2ccccc2s1)Cc1ccccc1. The molecule has 0 N–H and O–H groups in total. The van der Waals surface area contributed by atoms with Crippen LogP contribution in [0, 0.1) is 6.42 Å². The number of hydrogen-bond donors (Lipinski definition) is 0. The fraction of sp³-hybridized carbons (Fsp3) is 0.111. The van der Waals surface area contributed by atoms with E-state index in [0.717, 1.165) is 15.8 Å². The molecule has 0 saturated carbocycles. The van der Waals surface area contributed by atoms with Crippen molar-refractivity contribution in [2.75, 3.05) is 0 Å². The van der Waals surface area contributed by atoms with E-state index in [1.165, 1.54) is 17.8 Å². The molecule has 3 rings (SSSR count). The normalized spacial score (nSPS) is 10.7. The highest BCUT2D eigenvalue weighted by Crippen LogP contribution is 2.22. The number of para-hydroxylation sites is 1. The number of ketones is 2. The van der Waals surface area contributed by atoms with Crippen LogP contribution in [0.5, 0.6) is 0 Å². The fourth-order valence-corrected chi connectivity index (χ4v) is 3.07. The van der Waals surface area contributed by atoms with E-state index in [1.807, 2.05) is 54.6 Å². The Balaban J connectivity index is 1.59. The molecular formula is C18H14NO2S. The minimum absolute atomic E-state index is 0.0284. The molecule has 0 saturated heterocycles. The number of rotatable bonds is 6. The largest absolute Gasteiger partial charge is 0.299 e. The third-order valence-electron chi connectivity index (χ3n) is 3.26. The van der Waals surface area contributed by atoms with Gasteiger partial charge in [-0.1, -0.05) is 42.5 Å². The molecular weight excluding hydrogens is 294 g/mol. The van der Waals surface area contributed by atoms with Crippen molar-refractivity contribution in [2.24, 2.45) is 0 Å². The fourth-order valence-electron chi connectivity index (χ4n) is 2.17. The van der Waals surface area contributed by atoms with Crippen LogP contribution in [0.15, 0.2) is 54.6 Å². The molecule has 1 radical (unpaired) electrons. The van der Waals surface area contributed by atoms with E-state index < -0.39 is 0 Å². The van der Waals surface area contributed by atoms with Gasteiger partial charge >= 0.3 is 0 Å². The van der Waals surface area contributed by atoms with Gasteiger partial charge in [-0.3, -0.25) is 9.59 Å². The van der Waals surface area contributed by atoms with Crippen molar-refractivity contribution in [3.8, 4) is 0 Å². The first-order valence-corrected chi connectivity index (χ1v) is 7.83. The van der Waals surface area contributed by atoms with E-state index in [2.05, 4.69) is 4.98 Å². The summed E-state index contributed by atoms with van der Waals surface area (Å²) in [5.41, 5.74) is 1.79. The lowest BCUT2D eigenvalue weighted by molar-refractivity contribution is -0.117. The van der Waals surface area contributed by atoms with E-state index in [-0.39, 0.29) is 18.0 Å². The number of nitrogens with zero attached hydrogens (tertiary/aromatic N) is 1. The number of benzene rings is 2. The first kappa shape index (κ1) is 14.6. The molecule has 109 valence electrons. The second kappa shape index (κ2) is 6.62. The van der Waals surface area contributed by atoms with Crippen LogP contribution in [0.1, 0.15) is 21.8 Å². The van der Waals surface area contributed by atoms with Gasteiger partial charge in [-0.25, -0.2) is 4.98 Å². The van der Waals surface area contributed by atoms with E-state index in [4.69, 9.17) is 0 Å². The highest BCUT2D eigenvalue weighted by Gasteiger charge is 2.14. The Morgan fingerprint density at radius 3 is 2.50 bits per heavy atom. The number of thiazole rings is 1. The molecule has 0 fully saturated rings. The minimum atomic E-state index is -0.178. The highest BCUT2D eigenvalue weighted by molar-refractivity contribution is 7.20. The van der Waals surface area contributed by atoms with Crippen LogP contribution < -0.4 is 0 Å². The van der Waals surface area contributed by atoms with Gasteiger partial charge in [0.1, 0.15) is 5.78 Å². The van der Waals surface area contributed by atoms with Crippen LogP contribution in [0.25, 0.3) is 10.2 Å². The van der Waals surface area contributed by atoms with Crippen molar-refractivity contribution in [1.29, 1.82) is 0 Å². The zero-order valence-corrected chi connectivity index (χ0v) is 12.7. The molecule has 0 unspecified atom stereocenters. The maximum atomic E-state index is 12.1. The molecule has 22 heavy (non-hydrogen) atoms. The molecule has 1 heterocycles. The molecule has 0 spiro atoms. The number of Topliss-reactive ketones (excluding diaryl/α,β-unsaturated/α-hetero) is 2. The van der Waals surface area contributed by atoms with E-state index >= 15 is 0 Å². The predicted molar refractivity (Wildman–Crippen MR) is 88.0 cm³/mol. The number of carbonyl (C=O) groups is 2. The summed E-state index contributed by atoms with van der Waals surface area (Å²) in [7, 11) is 0. The zero-order valence-electron chi connectivity index (χ0n) is 11.9. The van der Waals surface area contributed by atoms with E-state index in [9.17, 15) is 9.59 Å². The average molecular weight is 308 g/mol. The van der Waals surface area contributed by atoms with Crippen molar-refractivity contribution < 1.29 is 9.59 Å². The molecule has 1 aromatic heterocycles. The van der Waals surface area contributed by atoms with Gasteiger partial charge in [-0.2, -0.15) is 0 Å². The average Bonchev–Trinajstić information content (AvgIpc) is 2.98. The number of carbonyl (C=O) groups excluding carboxylic acids is 2. The predicted octanol–water partition coefficient (Wildman–Crippen LogP) is 3.89. The molecule has 0 bridgehead atoms. The summed E-state index contributed by atoms with van der Waals surface area (Å²) in [6.07, 6.45) is 1.93. The van der Waals surface area contributed by atoms with E-state index in [1.54, 1.807) is 0 Å². The molecule has 3 aromatic rings. The molecule has 4 heteroatoms. The lowest BCUT2D eigenvalue weighted by Crippen LogP contribution is -2.07. The zero-order chi connectivity index (χ0) is 15.4. The maximum absolute atomic E-state index is 12.1. The summed E-state index contributed by atoms with van der Waals surface area (Å²) < 4.78 is 0.981. The monoisotopic (exact) mass is 308 g/mol. The van der Waals surface area contributed by atoms with Gasteiger partial charge in [0.2, 0.25) is 0 Å². The Bertz CT molecular complexity index is 775. The topological polar surface area (TPSA) is 47.0 Å². The summed E-state index contributed by atoms with van der Waals surface area (Å²) >= 11 is 1.36. The van der Waals surface area contributed by atoms with E-state index in [0.29, 0.717) is 11.4 Å². The van der Waals surface area contributed by atoms with Crippen LogP contribution in [0.3, 0.4) is 0 Å². The lowest BCUT2D eigenvalue weighted by atomic mass is 10.0. The second-order valence-electron chi connectivity index (χ2n) is 4.96. The molecule has 2 aromatic carbocycles. The third-order valence-corrected chi connectivity index (χ3v) is 4.31. The smallest absolute Gasteiger partial charge is 0.195 e. The Labute approximate surface area is 132 Å². The van der Waals surface area contributed by atoms with Gasteiger partial charge in [0, 0.05) is 19.3 Å². The molecule has 0 atom stereocenters. The molecule has 0 amide bonds. The summed E-state index contributed by atoms with van der Waals surface area (Å²) in [6, 6.07) is 17.2. The number of hydrogen-bond acceptors (Lipinski definition) is 4. The molecule has 3 nitrogen and oxygen atoms in total. The van der Waals surface area contributed by atoms with Crippen molar-refractivity contribution in [1.82, 2.24) is 4.98 Å². The van der Waals surface area contributed by atoms with Crippen LogP contribution in [0.4, 0.5) is 0 Å².